The molecule has 1 aliphatic rings. The van der Waals surface area contributed by atoms with Gasteiger partial charge in [-0.05, 0) is 12.8 Å². The Hall–Kier alpha value is -1.36. The highest BCUT2D eigenvalue weighted by Crippen LogP contribution is 2.34. The second-order valence-corrected chi connectivity index (χ2v) is 4.05. The van der Waals surface area contributed by atoms with Crippen molar-refractivity contribution in [1.82, 2.24) is 4.98 Å². The molecule has 0 radical (unpaired) electrons. The van der Waals surface area contributed by atoms with E-state index in [1.807, 2.05) is 0 Å². The maximum absolute atomic E-state index is 10.9. The predicted octanol–water partition coefficient (Wildman–Crippen LogP) is 2.18. The van der Waals surface area contributed by atoms with E-state index in [9.17, 15) is 4.79 Å². The Labute approximate surface area is 93.4 Å². The van der Waals surface area contributed by atoms with Crippen LogP contribution in [0.15, 0.2) is 4.42 Å². The summed E-state index contributed by atoms with van der Waals surface area (Å²) in [6.07, 6.45) is 4.39. The molecule has 1 aliphatic carbocycles. The molecule has 88 valence electrons. The molecule has 0 spiro atoms. The zero-order chi connectivity index (χ0) is 11.5. The molecule has 5 nitrogen and oxygen atoms in total. The van der Waals surface area contributed by atoms with Gasteiger partial charge in [0.2, 0.25) is 5.76 Å². The first-order valence-electron chi connectivity index (χ1n) is 5.44. The van der Waals surface area contributed by atoms with E-state index in [4.69, 9.17) is 14.3 Å². The highest BCUT2D eigenvalue weighted by molar-refractivity contribution is 5.85. The minimum atomic E-state index is -1.08. The Morgan fingerprint density at radius 1 is 1.56 bits per heavy atom. The molecule has 16 heavy (non-hydrogen) atoms. The van der Waals surface area contributed by atoms with Crippen LogP contribution in [0.5, 0.6) is 0 Å². The molecule has 0 aliphatic heterocycles. The number of ether oxygens (including phenoxy) is 1. The molecule has 1 aromatic rings. The normalized spacial score (nSPS) is 16.8. The number of methoxy groups -OCH3 is 1. The van der Waals surface area contributed by atoms with E-state index in [0.717, 1.165) is 25.7 Å². The van der Waals surface area contributed by atoms with Crippen LogP contribution in [0.2, 0.25) is 0 Å². The van der Waals surface area contributed by atoms with Crippen molar-refractivity contribution in [3.8, 4) is 0 Å². The first-order chi connectivity index (χ1) is 7.72. The third-order valence-corrected chi connectivity index (χ3v) is 2.89. The molecule has 0 unspecified atom stereocenters. The van der Waals surface area contributed by atoms with Crippen LogP contribution in [0, 0.1) is 0 Å². The van der Waals surface area contributed by atoms with Crippen LogP contribution in [0.25, 0.3) is 0 Å². The summed E-state index contributed by atoms with van der Waals surface area (Å²) in [5.74, 6) is -0.321. The third kappa shape index (κ3) is 2.09. The van der Waals surface area contributed by atoms with Gasteiger partial charge in [0.1, 0.15) is 5.69 Å². The number of aromatic carboxylic acids is 1. The van der Waals surface area contributed by atoms with Crippen molar-refractivity contribution in [2.75, 3.05) is 7.11 Å². The summed E-state index contributed by atoms with van der Waals surface area (Å²) in [7, 11) is 1.51. The van der Waals surface area contributed by atoms with Gasteiger partial charge in [-0.25, -0.2) is 9.78 Å². The monoisotopic (exact) mass is 225 g/mol. The number of carbonyl (C=O) groups is 1. The van der Waals surface area contributed by atoms with Crippen LogP contribution >= 0.6 is 0 Å². The maximum Gasteiger partial charge on any atom is 0.373 e. The van der Waals surface area contributed by atoms with Crippen molar-refractivity contribution in [2.45, 2.75) is 38.2 Å². The zero-order valence-electron chi connectivity index (χ0n) is 9.23. The summed E-state index contributed by atoms with van der Waals surface area (Å²) in [5, 5.41) is 8.96. The van der Waals surface area contributed by atoms with Gasteiger partial charge in [0.05, 0.1) is 6.61 Å². The molecule has 0 amide bonds. The topological polar surface area (TPSA) is 72.6 Å². The van der Waals surface area contributed by atoms with Crippen LogP contribution in [0.4, 0.5) is 0 Å². The number of aromatic nitrogens is 1. The van der Waals surface area contributed by atoms with Gasteiger partial charge in [0, 0.05) is 13.0 Å². The fourth-order valence-corrected chi connectivity index (χ4v) is 2.12. The Morgan fingerprint density at radius 3 is 2.81 bits per heavy atom. The van der Waals surface area contributed by atoms with E-state index in [2.05, 4.69) is 4.98 Å². The van der Waals surface area contributed by atoms with Gasteiger partial charge in [-0.1, -0.05) is 12.8 Å². The standard InChI is InChI=1S/C11H15NO4/c1-15-6-8-9(11(13)14)16-10(12-8)7-4-2-3-5-7/h7H,2-6H2,1H3,(H,13,14). The lowest BCUT2D eigenvalue weighted by Crippen LogP contribution is -2.00. The molecular weight excluding hydrogens is 210 g/mol. The fourth-order valence-electron chi connectivity index (χ4n) is 2.12. The average Bonchev–Trinajstić information content (AvgIpc) is 2.83. The Kier molecular flexibility index (Phi) is 3.24. The second kappa shape index (κ2) is 4.65. The SMILES string of the molecule is COCc1nc(C2CCCC2)oc1C(=O)O. The largest absolute Gasteiger partial charge is 0.475 e. The molecule has 1 saturated carbocycles. The van der Waals surface area contributed by atoms with Gasteiger partial charge in [0.25, 0.3) is 0 Å². The smallest absolute Gasteiger partial charge is 0.373 e. The number of oxazole rings is 1. The lowest BCUT2D eigenvalue weighted by molar-refractivity contribution is 0.0653. The molecule has 1 heterocycles. The van der Waals surface area contributed by atoms with E-state index in [-0.39, 0.29) is 18.3 Å². The van der Waals surface area contributed by atoms with Gasteiger partial charge >= 0.3 is 5.97 Å². The van der Waals surface area contributed by atoms with Crippen molar-refractivity contribution < 1.29 is 19.1 Å². The van der Waals surface area contributed by atoms with Crippen molar-refractivity contribution in [1.29, 1.82) is 0 Å². The van der Waals surface area contributed by atoms with Crippen LogP contribution in [-0.4, -0.2) is 23.2 Å². The summed E-state index contributed by atoms with van der Waals surface area (Å²) in [6.45, 7) is 0.178. The van der Waals surface area contributed by atoms with Crippen LogP contribution in [-0.2, 0) is 11.3 Å². The molecule has 0 bridgehead atoms. The average molecular weight is 225 g/mol. The Morgan fingerprint density at radius 2 is 2.25 bits per heavy atom. The lowest BCUT2D eigenvalue weighted by atomic mass is 10.1. The molecule has 1 N–H and O–H groups in total. The minimum Gasteiger partial charge on any atom is -0.475 e. The van der Waals surface area contributed by atoms with Crippen LogP contribution < -0.4 is 0 Å². The molecule has 0 atom stereocenters. The predicted molar refractivity (Wildman–Crippen MR) is 55.4 cm³/mol. The number of carboxylic acids is 1. The zero-order valence-corrected chi connectivity index (χ0v) is 9.23. The molecule has 0 aromatic carbocycles. The summed E-state index contributed by atoms with van der Waals surface area (Å²) < 4.78 is 10.2. The second-order valence-electron chi connectivity index (χ2n) is 4.05. The molecular formula is C11H15NO4. The van der Waals surface area contributed by atoms with Crippen molar-refractivity contribution >= 4 is 5.97 Å². The summed E-state index contributed by atoms with van der Waals surface area (Å²) in [5.41, 5.74) is 0.386. The van der Waals surface area contributed by atoms with E-state index in [0.29, 0.717) is 11.6 Å². The maximum atomic E-state index is 10.9. The van der Waals surface area contributed by atoms with E-state index >= 15 is 0 Å². The number of hydrogen-bond donors (Lipinski definition) is 1. The highest BCUT2D eigenvalue weighted by Gasteiger charge is 2.26. The summed E-state index contributed by atoms with van der Waals surface area (Å²) in [6, 6.07) is 0. The number of nitrogens with zero attached hydrogens (tertiary/aromatic N) is 1. The van der Waals surface area contributed by atoms with Crippen LogP contribution in [0.3, 0.4) is 0 Å². The van der Waals surface area contributed by atoms with Gasteiger partial charge in [-0.15, -0.1) is 0 Å². The third-order valence-electron chi connectivity index (χ3n) is 2.89. The summed E-state index contributed by atoms with van der Waals surface area (Å²) >= 11 is 0. The fraction of sp³-hybridized carbons (Fsp3) is 0.636. The lowest BCUT2D eigenvalue weighted by Gasteiger charge is -2.00. The first kappa shape index (κ1) is 11.1. The van der Waals surface area contributed by atoms with Crippen LogP contribution in [0.1, 0.15) is 53.7 Å². The molecule has 1 aromatic heterocycles. The van der Waals surface area contributed by atoms with Gasteiger partial charge in [-0.2, -0.15) is 0 Å². The van der Waals surface area contributed by atoms with Gasteiger partial charge < -0.3 is 14.3 Å². The number of carboxylic acid groups (broad SMARTS) is 1. The molecule has 5 heteroatoms. The van der Waals surface area contributed by atoms with Gasteiger partial charge in [0.15, 0.2) is 5.89 Å². The quantitative estimate of drug-likeness (QED) is 0.850. The summed E-state index contributed by atoms with van der Waals surface area (Å²) in [4.78, 5) is 15.2. The van der Waals surface area contributed by atoms with Gasteiger partial charge in [-0.3, -0.25) is 0 Å². The van der Waals surface area contributed by atoms with Crippen molar-refractivity contribution in [2.24, 2.45) is 0 Å². The number of hydrogen-bond acceptors (Lipinski definition) is 4. The number of rotatable bonds is 4. The van der Waals surface area contributed by atoms with Crippen molar-refractivity contribution in [3.63, 3.8) is 0 Å². The van der Waals surface area contributed by atoms with E-state index in [1.54, 1.807) is 0 Å². The molecule has 1 fully saturated rings. The first-order valence-corrected chi connectivity index (χ1v) is 5.44. The van der Waals surface area contributed by atoms with Crippen molar-refractivity contribution in [3.05, 3.63) is 17.3 Å². The highest BCUT2D eigenvalue weighted by atomic mass is 16.5. The Balaban J connectivity index is 2.26. The Bertz CT molecular complexity index is 379. The molecule has 0 saturated heterocycles. The molecule has 2 rings (SSSR count). The van der Waals surface area contributed by atoms with E-state index in [1.165, 1.54) is 7.11 Å². The van der Waals surface area contributed by atoms with E-state index < -0.39 is 5.97 Å². The minimum absolute atomic E-state index is 0.0799.